The highest BCUT2D eigenvalue weighted by molar-refractivity contribution is 5.67. The van der Waals surface area contributed by atoms with Crippen LogP contribution in [0.15, 0.2) is 18.2 Å². The summed E-state index contributed by atoms with van der Waals surface area (Å²) in [6.45, 7) is 7.96. The van der Waals surface area contributed by atoms with Gasteiger partial charge in [0.05, 0.1) is 0 Å². The Morgan fingerprint density at radius 3 is 2.29 bits per heavy atom. The summed E-state index contributed by atoms with van der Waals surface area (Å²) >= 11 is 0. The molecule has 0 saturated carbocycles. The highest BCUT2D eigenvalue weighted by Gasteiger charge is 2.15. The number of hydrogen-bond acceptors (Lipinski definition) is 3. The van der Waals surface area contributed by atoms with Gasteiger partial charge in [0.1, 0.15) is 17.2 Å². The maximum Gasteiger partial charge on any atom is 0.407 e. The maximum atomic E-state index is 13.1. The fourth-order valence-corrected chi connectivity index (χ4v) is 1.71. The van der Waals surface area contributed by atoms with E-state index in [4.69, 9.17) is 4.74 Å². The minimum Gasteiger partial charge on any atom is -0.444 e. The highest BCUT2D eigenvalue weighted by atomic mass is 19.1. The molecule has 0 aliphatic heterocycles. The van der Waals surface area contributed by atoms with Gasteiger partial charge in [-0.3, -0.25) is 0 Å². The van der Waals surface area contributed by atoms with Gasteiger partial charge in [-0.15, -0.1) is 0 Å². The normalized spacial score (nSPS) is 12.9. The van der Waals surface area contributed by atoms with Gasteiger partial charge in [-0.2, -0.15) is 0 Å². The van der Waals surface area contributed by atoms with Crippen LogP contribution in [0.2, 0.25) is 0 Å². The molecular weight excluding hydrogens is 278 g/mol. The number of halogens is 2. The summed E-state index contributed by atoms with van der Waals surface area (Å²) in [6, 6.07) is 3.17. The molecule has 1 unspecified atom stereocenters. The third kappa shape index (κ3) is 7.04. The van der Waals surface area contributed by atoms with Crippen LogP contribution in [-0.4, -0.2) is 24.8 Å². The van der Waals surface area contributed by atoms with Crippen LogP contribution in [-0.2, 0) is 4.74 Å². The Morgan fingerprint density at radius 1 is 1.19 bits per heavy atom. The van der Waals surface area contributed by atoms with E-state index in [2.05, 4.69) is 10.6 Å². The third-order valence-electron chi connectivity index (χ3n) is 2.63. The Hall–Kier alpha value is -1.69. The number of carbonyl (C=O) groups excluding carboxylic acids is 1. The van der Waals surface area contributed by atoms with Crippen molar-refractivity contribution in [2.24, 2.45) is 0 Å². The van der Waals surface area contributed by atoms with Crippen LogP contribution in [0.1, 0.15) is 39.3 Å². The molecule has 2 N–H and O–H groups in total. The second-order valence-electron chi connectivity index (χ2n) is 5.81. The zero-order valence-corrected chi connectivity index (χ0v) is 12.8. The molecule has 4 nitrogen and oxygen atoms in total. The molecule has 1 aromatic rings. The Morgan fingerprint density at radius 2 is 1.76 bits per heavy atom. The van der Waals surface area contributed by atoms with Crippen molar-refractivity contribution in [3.63, 3.8) is 0 Å². The second-order valence-corrected chi connectivity index (χ2v) is 5.81. The highest BCUT2D eigenvalue weighted by Crippen LogP contribution is 2.15. The Kier molecular flexibility index (Phi) is 6.08. The maximum absolute atomic E-state index is 13.1. The van der Waals surface area contributed by atoms with Gasteiger partial charge in [-0.1, -0.05) is 0 Å². The monoisotopic (exact) mass is 300 g/mol. The van der Waals surface area contributed by atoms with Gasteiger partial charge in [0.2, 0.25) is 0 Å². The number of carbonyl (C=O) groups is 1. The van der Waals surface area contributed by atoms with E-state index in [1.165, 1.54) is 12.1 Å². The molecule has 0 bridgehead atoms. The number of hydrogen-bond donors (Lipinski definition) is 2. The summed E-state index contributed by atoms with van der Waals surface area (Å²) in [4.78, 5) is 11.4. The van der Waals surface area contributed by atoms with Crippen molar-refractivity contribution in [1.82, 2.24) is 10.6 Å². The summed E-state index contributed by atoms with van der Waals surface area (Å²) in [5, 5.41) is 5.66. The molecule has 0 aliphatic carbocycles. The van der Waals surface area contributed by atoms with E-state index >= 15 is 0 Å². The second kappa shape index (κ2) is 7.36. The standard InChI is InChI=1S/C15H22F2N2O2/c1-10(11-7-12(16)9-13(17)8-11)18-5-6-19-14(20)21-15(2,3)4/h7-10,18H,5-6H2,1-4H3,(H,19,20). The van der Waals surface area contributed by atoms with Gasteiger partial charge in [0.15, 0.2) is 0 Å². The lowest BCUT2D eigenvalue weighted by molar-refractivity contribution is 0.0528. The molecule has 0 spiro atoms. The minimum absolute atomic E-state index is 0.226. The molecular formula is C15H22F2N2O2. The Balaban J connectivity index is 2.34. The van der Waals surface area contributed by atoms with E-state index in [0.717, 1.165) is 6.07 Å². The summed E-state index contributed by atoms with van der Waals surface area (Å²) in [5.41, 5.74) is -0.0195. The van der Waals surface area contributed by atoms with Crippen LogP contribution in [0.5, 0.6) is 0 Å². The molecule has 0 aromatic heterocycles. The smallest absolute Gasteiger partial charge is 0.407 e. The lowest BCUT2D eigenvalue weighted by Gasteiger charge is -2.20. The quantitative estimate of drug-likeness (QED) is 0.821. The van der Waals surface area contributed by atoms with Gasteiger partial charge in [0.25, 0.3) is 0 Å². The largest absolute Gasteiger partial charge is 0.444 e. The van der Waals surface area contributed by atoms with E-state index in [1.807, 2.05) is 0 Å². The summed E-state index contributed by atoms with van der Waals surface area (Å²) < 4.78 is 31.3. The third-order valence-corrected chi connectivity index (χ3v) is 2.63. The number of ether oxygens (including phenoxy) is 1. The van der Waals surface area contributed by atoms with Crippen molar-refractivity contribution in [3.05, 3.63) is 35.4 Å². The molecule has 0 radical (unpaired) electrons. The fraction of sp³-hybridized carbons (Fsp3) is 0.533. The first-order valence-electron chi connectivity index (χ1n) is 6.83. The van der Waals surface area contributed by atoms with E-state index in [1.54, 1.807) is 27.7 Å². The van der Waals surface area contributed by atoms with Crippen molar-refractivity contribution < 1.29 is 18.3 Å². The first-order chi connectivity index (χ1) is 9.67. The molecule has 0 heterocycles. The summed E-state index contributed by atoms with van der Waals surface area (Å²) in [6.07, 6.45) is -0.492. The molecule has 118 valence electrons. The zero-order valence-electron chi connectivity index (χ0n) is 12.8. The predicted octanol–water partition coefficient (Wildman–Crippen LogP) is 3.14. The van der Waals surface area contributed by atoms with Gasteiger partial charge in [0, 0.05) is 25.2 Å². The predicted molar refractivity (Wildman–Crippen MR) is 77.0 cm³/mol. The molecule has 1 amide bonds. The average Bonchev–Trinajstić information content (AvgIpc) is 2.31. The van der Waals surface area contributed by atoms with E-state index in [9.17, 15) is 13.6 Å². The van der Waals surface area contributed by atoms with E-state index in [0.29, 0.717) is 18.7 Å². The zero-order chi connectivity index (χ0) is 16.0. The minimum atomic E-state index is -0.606. The number of rotatable bonds is 5. The molecule has 1 atom stereocenters. The molecule has 1 aromatic carbocycles. The van der Waals surface area contributed by atoms with Gasteiger partial charge < -0.3 is 15.4 Å². The molecule has 0 aliphatic rings. The lowest BCUT2D eigenvalue weighted by Crippen LogP contribution is -2.36. The number of amides is 1. The number of nitrogens with one attached hydrogen (secondary N) is 2. The van der Waals surface area contributed by atoms with E-state index < -0.39 is 23.3 Å². The molecule has 0 saturated heterocycles. The molecule has 6 heteroatoms. The fourth-order valence-electron chi connectivity index (χ4n) is 1.71. The van der Waals surface area contributed by atoms with Crippen molar-refractivity contribution in [3.8, 4) is 0 Å². The molecule has 1 rings (SSSR count). The van der Waals surface area contributed by atoms with Crippen LogP contribution in [0.3, 0.4) is 0 Å². The van der Waals surface area contributed by atoms with Gasteiger partial charge in [-0.25, -0.2) is 13.6 Å². The lowest BCUT2D eigenvalue weighted by atomic mass is 10.1. The topological polar surface area (TPSA) is 50.4 Å². The SMILES string of the molecule is CC(NCCNC(=O)OC(C)(C)C)c1cc(F)cc(F)c1. The van der Waals surface area contributed by atoms with Crippen LogP contribution in [0.4, 0.5) is 13.6 Å². The first kappa shape index (κ1) is 17.4. The van der Waals surface area contributed by atoms with Crippen LogP contribution >= 0.6 is 0 Å². The number of benzene rings is 1. The van der Waals surface area contributed by atoms with Crippen LogP contribution in [0.25, 0.3) is 0 Å². The van der Waals surface area contributed by atoms with Gasteiger partial charge in [-0.05, 0) is 45.4 Å². The molecule has 0 fully saturated rings. The van der Waals surface area contributed by atoms with Crippen LogP contribution < -0.4 is 10.6 Å². The first-order valence-corrected chi connectivity index (χ1v) is 6.83. The average molecular weight is 300 g/mol. The summed E-state index contributed by atoms with van der Waals surface area (Å²) in [5.74, 6) is -1.21. The van der Waals surface area contributed by atoms with Crippen molar-refractivity contribution in [1.29, 1.82) is 0 Å². The molecule has 21 heavy (non-hydrogen) atoms. The van der Waals surface area contributed by atoms with E-state index in [-0.39, 0.29) is 6.04 Å². The van der Waals surface area contributed by atoms with Crippen molar-refractivity contribution >= 4 is 6.09 Å². The number of alkyl carbamates (subject to hydrolysis) is 1. The van der Waals surface area contributed by atoms with Crippen molar-refractivity contribution in [2.45, 2.75) is 39.3 Å². The Labute approximate surface area is 123 Å². The summed E-state index contributed by atoms with van der Waals surface area (Å²) in [7, 11) is 0. The Bertz CT molecular complexity index is 467. The van der Waals surface area contributed by atoms with Crippen molar-refractivity contribution in [2.75, 3.05) is 13.1 Å². The van der Waals surface area contributed by atoms with Gasteiger partial charge >= 0.3 is 6.09 Å². The van der Waals surface area contributed by atoms with Crippen LogP contribution in [0, 0.1) is 11.6 Å².